The van der Waals surface area contributed by atoms with E-state index in [1.165, 1.54) is 0 Å². The van der Waals surface area contributed by atoms with Crippen LogP contribution in [0.15, 0.2) is 34.5 Å². The number of fused-ring (bicyclic) bond motifs is 1. The van der Waals surface area contributed by atoms with Crippen molar-refractivity contribution in [3.8, 4) is 0 Å². The molecular formula is C13H14ClN3O. The molecule has 18 heavy (non-hydrogen) atoms. The first-order valence-corrected chi connectivity index (χ1v) is 6.39. The Kier molecular flexibility index (Phi) is 2.74. The van der Waals surface area contributed by atoms with Gasteiger partial charge in [0.2, 0.25) is 0 Å². The Hall–Kier alpha value is -1.55. The van der Waals surface area contributed by atoms with Crippen LogP contribution in [0.2, 0.25) is 5.02 Å². The average Bonchev–Trinajstić information content (AvgIpc) is 2.92. The van der Waals surface area contributed by atoms with Gasteiger partial charge in [0.25, 0.3) is 0 Å². The van der Waals surface area contributed by atoms with E-state index in [0.717, 1.165) is 30.0 Å². The van der Waals surface area contributed by atoms with E-state index in [2.05, 4.69) is 10.3 Å². The van der Waals surface area contributed by atoms with Crippen LogP contribution in [-0.4, -0.2) is 22.7 Å². The molecule has 0 spiro atoms. The number of halogens is 1. The van der Waals surface area contributed by atoms with Crippen molar-refractivity contribution in [1.29, 1.82) is 0 Å². The minimum atomic E-state index is 0.0659. The van der Waals surface area contributed by atoms with Crippen LogP contribution in [0.1, 0.15) is 19.8 Å². The minimum Gasteiger partial charge on any atom is -0.411 e. The summed E-state index contributed by atoms with van der Waals surface area (Å²) in [6.45, 7) is 2.04. The van der Waals surface area contributed by atoms with Crippen molar-refractivity contribution in [3.63, 3.8) is 0 Å². The van der Waals surface area contributed by atoms with E-state index in [1.54, 1.807) is 0 Å². The highest BCUT2D eigenvalue weighted by atomic mass is 35.5. The summed E-state index contributed by atoms with van der Waals surface area (Å²) in [4.78, 5) is 0. The molecule has 94 valence electrons. The summed E-state index contributed by atoms with van der Waals surface area (Å²) >= 11 is 5.90. The van der Waals surface area contributed by atoms with Gasteiger partial charge in [-0.3, -0.25) is 5.01 Å². The molecule has 0 radical (unpaired) electrons. The fourth-order valence-corrected chi connectivity index (χ4v) is 2.94. The van der Waals surface area contributed by atoms with Crippen LogP contribution >= 0.6 is 11.6 Å². The first-order chi connectivity index (χ1) is 8.70. The van der Waals surface area contributed by atoms with Crippen LogP contribution in [0.4, 0.5) is 5.69 Å². The summed E-state index contributed by atoms with van der Waals surface area (Å²) in [5.41, 5.74) is 2.90. The Balaban J connectivity index is 1.99. The smallest absolute Gasteiger partial charge is 0.102 e. The summed E-state index contributed by atoms with van der Waals surface area (Å²) in [6, 6.07) is 7.64. The highest BCUT2D eigenvalue weighted by Crippen LogP contribution is 2.37. The molecule has 1 aromatic carbocycles. The highest BCUT2D eigenvalue weighted by Gasteiger charge is 2.44. The van der Waals surface area contributed by atoms with E-state index in [-0.39, 0.29) is 6.04 Å². The number of benzene rings is 1. The van der Waals surface area contributed by atoms with Crippen LogP contribution < -0.4 is 5.01 Å². The van der Waals surface area contributed by atoms with Gasteiger partial charge in [-0.1, -0.05) is 16.8 Å². The highest BCUT2D eigenvalue weighted by molar-refractivity contribution is 6.30. The maximum Gasteiger partial charge on any atom is 0.102 e. The van der Waals surface area contributed by atoms with Gasteiger partial charge < -0.3 is 5.21 Å². The first-order valence-electron chi connectivity index (χ1n) is 6.01. The van der Waals surface area contributed by atoms with Gasteiger partial charge in [-0.05, 0) is 44.0 Å². The summed E-state index contributed by atoms with van der Waals surface area (Å²) in [5, 5.41) is 19.8. The molecule has 0 saturated heterocycles. The summed E-state index contributed by atoms with van der Waals surface area (Å²) < 4.78 is 0. The van der Waals surface area contributed by atoms with E-state index in [9.17, 15) is 0 Å². The quantitative estimate of drug-likeness (QED) is 0.625. The van der Waals surface area contributed by atoms with Crippen molar-refractivity contribution in [2.45, 2.75) is 25.8 Å². The van der Waals surface area contributed by atoms with Crippen LogP contribution in [-0.2, 0) is 0 Å². The molecule has 1 heterocycles. The lowest BCUT2D eigenvalue weighted by Gasteiger charge is -2.23. The van der Waals surface area contributed by atoms with Gasteiger partial charge in [0.15, 0.2) is 0 Å². The SMILES string of the molecule is CC1=NN(c2ccc(Cl)cc2)C2C(=NO)CCC12. The molecule has 1 aromatic rings. The number of hydrogen-bond donors (Lipinski definition) is 1. The second-order valence-electron chi connectivity index (χ2n) is 4.74. The second kappa shape index (κ2) is 4.28. The van der Waals surface area contributed by atoms with Crippen LogP contribution in [0, 0.1) is 5.92 Å². The normalized spacial score (nSPS) is 28.7. The van der Waals surface area contributed by atoms with Crippen molar-refractivity contribution in [1.82, 2.24) is 0 Å². The van der Waals surface area contributed by atoms with E-state index >= 15 is 0 Å². The zero-order valence-electron chi connectivity index (χ0n) is 10.0. The molecule has 1 saturated carbocycles. The van der Waals surface area contributed by atoms with Gasteiger partial charge in [0.05, 0.1) is 11.4 Å². The molecule has 3 rings (SSSR count). The van der Waals surface area contributed by atoms with Gasteiger partial charge >= 0.3 is 0 Å². The molecule has 2 aliphatic rings. The molecule has 0 amide bonds. The Morgan fingerprint density at radius 3 is 2.78 bits per heavy atom. The number of oxime groups is 1. The van der Waals surface area contributed by atoms with Gasteiger partial charge in [-0.15, -0.1) is 0 Å². The number of rotatable bonds is 1. The molecule has 5 heteroatoms. The van der Waals surface area contributed by atoms with E-state index < -0.39 is 0 Å². The zero-order chi connectivity index (χ0) is 12.7. The predicted octanol–water partition coefficient (Wildman–Crippen LogP) is 3.14. The summed E-state index contributed by atoms with van der Waals surface area (Å²) in [6.07, 6.45) is 1.84. The third-order valence-corrected chi connectivity index (χ3v) is 3.97. The standard InChI is InChI=1S/C13H14ClN3O/c1-8-11-6-7-12(16-18)13(11)17(15-8)10-4-2-9(14)3-5-10/h2-5,11,13,18H,6-7H2,1H3. The fraction of sp³-hybridized carbons (Fsp3) is 0.385. The van der Waals surface area contributed by atoms with Crippen molar-refractivity contribution in [3.05, 3.63) is 29.3 Å². The van der Waals surface area contributed by atoms with E-state index in [1.807, 2.05) is 36.2 Å². The van der Waals surface area contributed by atoms with Crippen LogP contribution in [0.25, 0.3) is 0 Å². The molecule has 1 aliphatic carbocycles. The topological polar surface area (TPSA) is 48.2 Å². The largest absolute Gasteiger partial charge is 0.411 e. The lowest BCUT2D eigenvalue weighted by molar-refractivity contribution is 0.316. The van der Waals surface area contributed by atoms with Gasteiger partial charge in [0.1, 0.15) is 6.04 Å². The van der Waals surface area contributed by atoms with Crippen LogP contribution in [0.3, 0.4) is 0 Å². The fourth-order valence-electron chi connectivity index (χ4n) is 2.82. The minimum absolute atomic E-state index is 0.0659. The molecule has 1 N–H and O–H groups in total. The van der Waals surface area contributed by atoms with E-state index in [0.29, 0.717) is 10.9 Å². The summed E-state index contributed by atoms with van der Waals surface area (Å²) in [7, 11) is 0. The number of nitrogens with zero attached hydrogens (tertiary/aromatic N) is 3. The second-order valence-corrected chi connectivity index (χ2v) is 5.18. The van der Waals surface area contributed by atoms with E-state index in [4.69, 9.17) is 16.8 Å². The Labute approximate surface area is 111 Å². The number of anilines is 1. The Morgan fingerprint density at radius 1 is 1.39 bits per heavy atom. The van der Waals surface area contributed by atoms with Crippen LogP contribution in [0.5, 0.6) is 0 Å². The maximum absolute atomic E-state index is 9.10. The van der Waals surface area contributed by atoms with Crippen molar-refractivity contribution >= 4 is 28.7 Å². The van der Waals surface area contributed by atoms with Gasteiger partial charge in [0, 0.05) is 16.7 Å². The Morgan fingerprint density at radius 2 is 2.11 bits per heavy atom. The van der Waals surface area contributed by atoms with Crippen molar-refractivity contribution in [2.75, 3.05) is 5.01 Å². The molecule has 1 fully saturated rings. The average molecular weight is 264 g/mol. The Bertz CT molecular complexity index is 524. The molecule has 0 bridgehead atoms. The third-order valence-electron chi connectivity index (χ3n) is 3.72. The molecule has 4 nitrogen and oxygen atoms in total. The van der Waals surface area contributed by atoms with Crippen molar-refractivity contribution in [2.24, 2.45) is 16.2 Å². The number of hydrazone groups is 1. The molecule has 1 aliphatic heterocycles. The lowest BCUT2D eigenvalue weighted by atomic mass is 9.99. The number of hydrogen-bond acceptors (Lipinski definition) is 4. The maximum atomic E-state index is 9.10. The monoisotopic (exact) mass is 263 g/mol. The predicted molar refractivity (Wildman–Crippen MR) is 72.8 cm³/mol. The van der Waals surface area contributed by atoms with Gasteiger partial charge in [-0.25, -0.2) is 0 Å². The van der Waals surface area contributed by atoms with Crippen molar-refractivity contribution < 1.29 is 5.21 Å². The molecular weight excluding hydrogens is 250 g/mol. The zero-order valence-corrected chi connectivity index (χ0v) is 10.8. The molecule has 0 aromatic heterocycles. The molecule has 2 atom stereocenters. The third kappa shape index (κ3) is 1.68. The summed E-state index contributed by atoms with van der Waals surface area (Å²) in [5.74, 6) is 0.367. The molecule has 2 unspecified atom stereocenters. The first kappa shape index (κ1) is 11.5. The lowest BCUT2D eigenvalue weighted by Crippen LogP contribution is -2.35. The van der Waals surface area contributed by atoms with Gasteiger partial charge in [-0.2, -0.15) is 5.10 Å².